The molecule has 0 saturated heterocycles. The zero-order valence-corrected chi connectivity index (χ0v) is 10.2. The normalized spacial score (nSPS) is 12.9. The Morgan fingerprint density at radius 3 is 3.12 bits per heavy atom. The van der Waals surface area contributed by atoms with E-state index in [-0.39, 0.29) is 6.04 Å². The van der Waals surface area contributed by atoms with E-state index in [4.69, 9.17) is 5.73 Å². The Kier molecular flexibility index (Phi) is 3.69. The lowest BCUT2D eigenvalue weighted by molar-refractivity contribution is 0.526. The van der Waals surface area contributed by atoms with Gasteiger partial charge in [-0.25, -0.2) is 4.68 Å². The van der Waals surface area contributed by atoms with Gasteiger partial charge in [0.05, 0.1) is 17.9 Å². The molecule has 0 fully saturated rings. The van der Waals surface area contributed by atoms with Crippen LogP contribution in [0.4, 0.5) is 0 Å². The number of aryl methyl sites for hydroxylation is 1. The molecule has 0 amide bonds. The molecule has 0 aliphatic rings. The van der Waals surface area contributed by atoms with Crippen molar-refractivity contribution >= 4 is 11.3 Å². The minimum atomic E-state index is -0.0137. The van der Waals surface area contributed by atoms with Gasteiger partial charge >= 0.3 is 0 Å². The van der Waals surface area contributed by atoms with Crippen LogP contribution in [0.1, 0.15) is 30.0 Å². The first-order valence-electron chi connectivity index (χ1n) is 5.47. The minimum absolute atomic E-state index is 0.0137. The fourth-order valence-electron chi connectivity index (χ4n) is 1.69. The van der Waals surface area contributed by atoms with Gasteiger partial charge < -0.3 is 5.73 Å². The van der Waals surface area contributed by atoms with Crippen LogP contribution >= 0.6 is 11.3 Å². The standard InChI is InChI=1S/C11H16N4S/c1-2-5-15-11(8-13-14-15)10(12)7-9-4-3-6-16-9/h3-4,6,8,10H,2,5,7,12H2,1H3. The van der Waals surface area contributed by atoms with E-state index >= 15 is 0 Å². The molecule has 0 spiro atoms. The van der Waals surface area contributed by atoms with E-state index in [9.17, 15) is 0 Å². The molecule has 2 aromatic rings. The highest BCUT2D eigenvalue weighted by atomic mass is 32.1. The number of nitrogens with two attached hydrogens (primary N) is 1. The monoisotopic (exact) mass is 236 g/mol. The second kappa shape index (κ2) is 5.23. The zero-order valence-electron chi connectivity index (χ0n) is 9.34. The molecule has 1 unspecified atom stereocenters. The summed E-state index contributed by atoms with van der Waals surface area (Å²) in [5, 5.41) is 10.0. The molecular formula is C11H16N4S. The highest BCUT2D eigenvalue weighted by molar-refractivity contribution is 7.09. The van der Waals surface area contributed by atoms with E-state index in [0.717, 1.165) is 25.1 Å². The van der Waals surface area contributed by atoms with Crippen LogP contribution in [0.25, 0.3) is 0 Å². The Bertz CT molecular complexity index is 421. The molecule has 86 valence electrons. The molecule has 2 heterocycles. The fourth-order valence-corrected chi connectivity index (χ4v) is 2.45. The first-order chi connectivity index (χ1) is 7.81. The summed E-state index contributed by atoms with van der Waals surface area (Å²) >= 11 is 1.74. The Hall–Kier alpha value is -1.20. The summed E-state index contributed by atoms with van der Waals surface area (Å²) in [5.41, 5.74) is 7.19. The van der Waals surface area contributed by atoms with Crippen molar-refractivity contribution in [3.8, 4) is 0 Å². The third kappa shape index (κ3) is 2.48. The lowest BCUT2D eigenvalue weighted by Gasteiger charge is -2.11. The topological polar surface area (TPSA) is 56.7 Å². The van der Waals surface area contributed by atoms with Gasteiger partial charge in [0.15, 0.2) is 0 Å². The molecule has 16 heavy (non-hydrogen) atoms. The number of thiophene rings is 1. The molecule has 0 aliphatic carbocycles. The van der Waals surface area contributed by atoms with E-state index in [0.29, 0.717) is 0 Å². The van der Waals surface area contributed by atoms with Crippen LogP contribution in [0.5, 0.6) is 0 Å². The van der Waals surface area contributed by atoms with Crippen LogP contribution < -0.4 is 5.73 Å². The van der Waals surface area contributed by atoms with Crippen molar-refractivity contribution in [2.24, 2.45) is 5.73 Å². The number of hydrogen-bond donors (Lipinski definition) is 1. The molecule has 2 aromatic heterocycles. The van der Waals surface area contributed by atoms with E-state index in [2.05, 4.69) is 28.7 Å². The maximum Gasteiger partial charge on any atom is 0.0758 e. The van der Waals surface area contributed by atoms with Crippen molar-refractivity contribution in [3.05, 3.63) is 34.3 Å². The average molecular weight is 236 g/mol. The van der Waals surface area contributed by atoms with Gasteiger partial charge in [-0.15, -0.1) is 16.4 Å². The van der Waals surface area contributed by atoms with Crippen LogP contribution in [0.3, 0.4) is 0 Å². The van der Waals surface area contributed by atoms with Crippen LogP contribution in [0, 0.1) is 0 Å². The SMILES string of the molecule is CCCn1nncc1C(N)Cc1cccs1. The van der Waals surface area contributed by atoms with Crippen molar-refractivity contribution < 1.29 is 0 Å². The highest BCUT2D eigenvalue weighted by Gasteiger charge is 2.13. The average Bonchev–Trinajstić information content (AvgIpc) is 2.89. The summed E-state index contributed by atoms with van der Waals surface area (Å²) in [7, 11) is 0. The van der Waals surface area contributed by atoms with Gasteiger partial charge in [-0.05, 0) is 17.9 Å². The van der Waals surface area contributed by atoms with Crippen molar-refractivity contribution in [2.75, 3.05) is 0 Å². The summed E-state index contributed by atoms with van der Waals surface area (Å²) in [6.07, 6.45) is 3.67. The van der Waals surface area contributed by atoms with Gasteiger partial charge in [0.1, 0.15) is 0 Å². The molecule has 2 N–H and O–H groups in total. The van der Waals surface area contributed by atoms with Crippen molar-refractivity contribution in [1.82, 2.24) is 15.0 Å². The summed E-state index contributed by atoms with van der Waals surface area (Å²) in [6, 6.07) is 4.15. The van der Waals surface area contributed by atoms with Gasteiger partial charge in [0, 0.05) is 17.8 Å². The molecule has 0 bridgehead atoms. The second-order valence-corrected chi connectivity index (χ2v) is 4.80. The van der Waals surface area contributed by atoms with Crippen LogP contribution in [0.2, 0.25) is 0 Å². The third-order valence-corrected chi connectivity index (χ3v) is 3.36. The second-order valence-electron chi connectivity index (χ2n) is 3.77. The molecule has 0 aliphatic heterocycles. The van der Waals surface area contributed by atoms with Crippen LogP contribution in [-0.4, -0.2) is 15.0 Å². The first-order valence-corrected chi connectivity index (χ1v) is 6.35. The largest absolute Gasteiger partial charge is 0.322 e. The van der Waals surface area contributed by atoms with Gasteiger partial charge in [-0.1, -0.05) is 18.2 Å². The summed E-state index contributed by atoms with van der Waals surface area (Å²) < 4.78 is 1.90. The smallest absolute Gasteiger partial charge is 0.0758 e. The predicted octanol–water partition coefficient (Wildman–Crippen LogP) is 1.99. The Balaban J connectivity index is 2.08. The number of hydrogen-bond acceptors (Lipinski definition) is 4. The maximum atomic E-state index is 6.17. The Morgan fingerprint density at radius 2 is 2.44 bits per heavy atom. The number of nitrogens with zero attached hydrogens (tertiary/aromatic N) is 3. The summed E-state index contributed by atoms with van der Waals surface area (Å²) in [6.45, 7) is 3.00. The van der Waals surface area contributed by atoms with Crippen molar-refractivity contribution in [3.63, 3.8) is 0 Å². The molecule has 4 nitrogen and oxygen atoms in total. The van der Waals surface area contributed by atoms with Crippen LogP contribution in [0.15, 0.2) is 23.7 Å². The summed E-state index contributed by atoms with van der Waals surface area (Å²) in [5.74, 6) is 0. The first kappa shape index (κ1) is 11.3. The molecule has 2 rings (SSSR count). The van der Waals surface area contributed by atoms with E-state index in [1.54, 1.807) is 17.5 Å². The molecule has 0 radical (unpaired) electrons. The van der Waals surface area contributed by atoms with Gasteiger partial charge in [0.2, 0.25) is 0 Å². The number of aromatic nitrogens is 3. The van der Waals surface area contributed by atoms with Gasteiger partial charge in [0.25, 0.3) is 0 Å². The van der Waals surface area contributed by atoms with Gasteiger partial charge in [-0.2, -0.15) is 0 Å². The summed E-state index contributed by atoms with van der Waals surface area (Å²) in [4.78, 5) is 1.30. The molecular weight excluding hydrogens is 220 g/mol. The quantitative estimate of drug-likeness (QED) is 0.863. The van der Waals surface area contributed by atoms with Crippen molar-refractivity contribution in [2.45, 2.75) is 32.4 Å². The van der Waals surface area contributed by atoms with Crippen LogP contribution in [-0.2, 0) is 13.0 Å². The fraction of sp³-hybridized carbons (Fsp3) is 0.455. The molecule has 1 atom stereocenters. The molecule has 0 saturated carbocycles. The Labute approximate surface area is 99.1 Å². The highest BCUT2D eigenvalue weighted by Crippen LogP contribution is 2.18. The maximum absolute atomic E-state index is 6.17. The van der Waals surface area contributed by atoms with E-state index in [1.165, 1.54) is 4.88 Å². The zero-order chi connectivity index (χ0) is 11.4. The number of rotatable bonds is 5. The molecule has 0 aromatic carbocycles. The third-order valence-electron chi connectivity index (χ3n) is 2.46. The van der Waals surface area contributed by atoms with E-state index in [1.807, 2.05) is 10.7 Å². The van der Waals surface area contributed by atoms with Crippen molar-refractivity contribution in [1.29, 1.82) is 0 Å². The molecule has 5 heteroatoms. The lowest BCUT2D eigenvalue weighted by Crippen LogP contribution is -2.18. The minimum Gasteiger partial charge on any atom is -0.322 e. The Morgan fingerprint density at radius 1 is 1.56 bits per heavy atom. The predicted molar refractivity (Wildman–Crippen MR) is 65.3 cm³/mol. The van der Waals surface area contributed by atoms with Gasteiger partial charge in [-0.3, -0.25) is 0 Å². The lowest BCUT2D eigenvalue weighted by atomic mass is 10.1. The van der Waals surface area contributed by atoms with E-state index < -0.39 is 0 Å².